The Kier molecular flexibility index (Phi) is 3.91. The van der Waals surface area contributed by atoms with E-state index in [1.54, 1.807) is 29.5 Å². The minimum absolute atomic E-state index is 0.442. The van der Waals surface area contributed by atoms with Crippen molar-refractivity contribution in [2.75, 3.05) is 0 Å². The number of nitrogens with zero attached hydrogens (tertiary/aromatic N) is 1. The van der Waals surface area contributed by atoms with E-state index in [4.69, 9.17) is 4.74 Å². The van der Waals surface area contributed by atoms with Crippen LogP contribution in [-0.2, 0) is 6.61 Å². The topological polar surface area (TPSA) is 39.2 Å². The van der Waals surface area contributed by atoms with Gasteiger partial charge in [0.25, 0.3) is 0 Å². The van der Waals surface area contributed by atoms with E-state index in [9.17, 15) is 4.79 Å². The summed E-state index contributed by atoms with van der Waals surface area (Å²) in [5.74, 6) is 0.712. The van der Waals surface area contributed by atoms with Crippen LogP contribution >= 0.6 is 27.3 Å². The number of aryl methyl sites for hydroxylation is 1. The molecule has 0 fully saturated rings. The van der Waals surface area contributed by atoms with Crippen LogP contribution in [0.25, 0.3) is 0 Å². The third-order valence-electron chi connectivity index (χ3n) is 2.11. The van der Waals surface area contributed by atoms with Crippen LogP contribution in [0.2, 0.25) is 0 Å². The molecule has 2 aromatic rings. The monoisotopic (exact) mass is 311 g/mol. The van der Waals surface area contributed by atoms with Crippen molar-refractivity contribution in [1.82, 2.24) is 4.98 Å². The molecule has 88 valence electrons. The molecule has 3 nitrogen and oxygen atoms in total. The van der Waals surface area contributed by atoms with E-state index >= 15 is 0 Å². The smallest absolute Gasteiger partial charge is 0.150 e. The maximum atomic E-state index is 10.6. The fourth-order valence-corrected chi connectivity index (χ4v) is 2.51. The van der Waals surface area contributed by atoms with Gasteiger partial charge in [-0.25, -0.2) is 4.98 Å². The van der Waals surface area contributed by atoms with Gasteiger partial charge in [-0.15, -0.1) is 11.3 Å². The second-order valence-corrected chi connectivity index (χ2v) is 5.28. The number of aromatic nitrogens is 1. The lowest BCUT2D eigenvalue weighted by Gasteiger charge is -2.06. The first-order valence-corrected chi connectivity index (χ1v) is 6.65. The zero-order valence-corrected chi connectivity index (χ0v) is 11.5. The molecule has 17 heavy (non-hydrogen) atoms. The number of halogens is 1. The van der Waals surface area contributed by atoms with Gasteiger partial charge in [0.1, 0.15) is 23.7 Å². The van der Waals surface area contributed by atoms with Crippen molar-refractivity contribution < 1.29 is 9.53 Å². The Hall–Kier alpha value is -1.20. The number of rotatable bonds is 4. The number of carbonyl (C=O) groups excluding carboxylic acids is 1. The zero-order valence-electron chi connectivity index (χ0n) is 9.14. The second kappa shape index (κ2) is 5.42. The van der Waals surface area contributed by atoms with Crippen molar-refractivity contribution in [1.29, 1.82) is 0 Å². The van der Waals surface area contributed by atoms with Crippen molar-refractivity contribution >= 4 is 33.6 Å². The summed E-state index contributed by atoms with van der Waals surface area (Å²) in [7, 11) is 0. The Morgan fingerprint density at radius 3 is 2.94 bits per heavy atom. The van der Waals surface area contributed by atoms with Crippen molar-refractivity contribution in [3.8, 4) is 5.75 Å². The Morgan fingerprint density at radius 1 is 1.53 bits per heavy atom. The van der Waals surface area contributed by atoms with Crippen LogP contribution in [0.4, 0.5) is 0 Å². The predicted octanol–water partition coefficient (Wildman–Crippen LogP) is 3.61. The number of hydrogen-bond donors (Lipinski definition) is 0. The molecule has 0 N–H and O–H groups in total. The van der Waals surface area contributed by atoms with Crippen molar-refractivity contribution in [3.63, 3.8) is 0 Å². The van der Waals surface area contributed by atoms with E-state index < -0.39 is 0 Å². The number of benzene rings is 1. The normalized spacial score (nSPS) is 10.2. The standard InChI is InChI=1S/C12H10BrNO2S/c1-8-7-17-12(14-8)6-16-11-3-2-9(5-15)4-10(11)13/h2-5,7H,6H2,1H3. The Labute approximate surface area is 112 Å². The summed E-state index contributed by atoms with van der Waals surface area (Å²) in [5.41, 5.74) is 1.62. The van der Waals surface area contributed by atoms with E-state index in [1.807, 2.05) is 12.3 Å². The van der Waals surface area contributed by atoms with E-state index in [0.717, 1.165) is 21.5 Å². The van der Waals surface area contributed by atoms with Gasteiger partial charge in [-0.3, -0.25) is 4.79 Å². The zero-order chi connectivity index (χ0) is 12.3. The van der Waals surface area contributed by atoms with Crippen molar-refractivity contribution in [3.05, 3.63) is 44.3 Å². The lowest BCUT2D eigenvalue weighted by Crippen LogP contribution is -1.96. The molecule has 0 radical (unpaired) electrons. The van der Waals surface area contributed by atoms with Crippen LogP contribution < -0.4 is 4.74 Å². The fraction of sp³-hybridized carbons (Fsp3) is 0.167. The number of thiazole rings is 1. The average molecular weight is 312 g/mol. The minimum Gasteiger partial charge on any atom is -0.485 e. The third kappa shape index (κ3) is 3.14. The summed E-state index contributed by atoms with van der Waals surface area (Å²) in [5, 5.41) is 2.93. The number of aldehydes is 1. The van der Waals surface area contributed by atoms with Gasteiger partial charge in [0.05, 0.1) is 4.47 Å². The van der Waals surface area contributed by atoms with Gasteiger partial charge in [0.2, 0.25) is 0 Å². The van der Waals surface area contributed by atoms with Crippen LogP contribution in [0.3, 0.4) is 0 Å². The Morgan fingerprint density at radius 2 is 2.35 bits per heavy atom. The highest BCUT2D eigenvalue weighted by atomic mass is 79.9. The molecule has 0 unspecified atom stereocenters. The summed E-state index contributed by atoms with van der Waals surface area (Å²) >= 11 is 4.94. The molecular weight excluding hydrogens is 302 g/mol. The first kappa shape index (κ1) is 12.3. The van der Waals surface area contributed by atoms with Crippen molar-refractivity contribution in [2.24, 2.45) is 0 Å². The van der Waals surface area contributed by atoms with Gasteiger partial charge >= 0.3 is 0 Å². The molecule has 1 heterocycles. The van der Waals surface area contributed by atoms with Crippen LogP contribution in [-0.4, -0.2) is 11.3 Å². The van der Waals surface area contributed by atoms with Gasteiger partial charge in [0, 0.05) is 16.6 Å². The quantitative estimate of drug-likeness (QED) is 0.810. The summed E-state index contributed by atoms with van der Waals surface area (Å²) < 4.78 is 6.39. The summed E-state index contributed by atoms with van der Waals surface area (Å²) in [6, 6.07) is 5.23. The van der Waals surface area contributed by atoms with Crippen LogP contribution in [0.1, 0.15) is 21.1 Å². The SMILES string of the molecule is Cc1csc(COc2ccc(C=O)cc2Br)n1. The Bertz CT molecular complexity index is 539. The molecule has 0 spiro atoms. The molecule has 0 aliphatic rings. The molecular formula is C12H10BrNO2S. The molecule has 0 atom stereocenters. The first-order valence-electron chi connectivity index (χ1n) is 4.97. The molecule has 1 aromatic heterocycles. The molecule has 0 saturated heterocycles. The third-order valence-corrected chi connectivity index (χ3v) is 3.67. The van der Waals surface area contributed by atoms with E-state index in [1.165, 1.54) is 0 Å². The van der Waals surface area contributed by atoms with Gasteiger partial charge in [0.15, 0.2) is 0 Å². The summed E-state index contributed by atoms with van der Waals surface area (Å²) in [6.45, 7) is 2.40. The van der Waals surface area contributed by atoms with Crippen LogP contribution in [0, 0.1) is 6.92 Å². The van der Waals surface area contributed by atoms with Gasteiger partial charge < -0.3 is 4.74 Å². The van der Waals surface area contributed by atoms with E-state index in [-0.39, 0.29) is 0 Å². The largest absolute Gasteiger partial charge is 0.485 e. The average Bonchev–Trinajstić information content (AvgIpc) is 2.73. The highest BCUT2D eigenvalue weighted by molar-refractivity contribution is 9.10. The molecule has 5 heteroatoms. The fourth-order valence-electron chi connectivity index (χ4n) is 1.32. The van der Waals surface area contributed by atoms with Gasteiger partial charge in [-0.1, -0.05) is 0 Å². The second-order valence-electron chi connectivity index (χ2n) is 3.48. The highest BCUT2D eigenvalue weighted by Gasteiger charge is 2.04. The maximum Gasteiger partial charge on any atom is 0.150 e. The number of ether oxygens (including phenoxy) is 1. The molecule has 0 aliphatic heterocycles. The molecule has 0 bridgehead atoms. The van der Waals surface area contributed by atoms with Crippen LogP contribution in [0.15, 0.2) is 28.1 Å². The minimum atomic E-state index is 0.442. The van der Waals surface area contributed by atoms with Crippen LogP contribution in [0.5, 0.6) is 5.75 Å². The lowest BCUT2D eigenvalue weighted by atomic mass is 10.2. The van der Waals surface area contributed by atoms with Gasteiger partial charge in [-0.05, 0) is 41.1 Å². The van der Waals surface area contributed by atoms with Crippen molar-refractivity contribution in [2.45, 2.75) is 13.5 Å². The van der Waals surface area contributed by atoms with E-state index in [0.29, 0.717) is 17.9 Å². The molecule has 0 saturated carbocycles. The predicted molar refractivity (Wildman–Crippen MR) is 70.7 cm³/mol. The van der Waals surface area contributed by atoms with Gasteiger partial charge in [-0.2, -0.15) is 0 Å². The Balaban J connectivity index is 2.06. The summed E-state index contributed by atoms with van der Waals surface area (Å²) in [6.07, 6.45) is 0.804. The number of carbonyl (C=O) groups is 1. The maximum absolute atomic E-state index is 10.6. The molecule has 1 aromatic carbocycles. The van der Waals surface area contributed by atoms with E-state index in [2.05, 4.69) is 20.9 Å². The first-order chi connectivity index (χ1) is 8.19. The molecule has 0 aliphatic carbocycles. The lowest BCUT2D eigenvalue weighted by molar-refractivity contribution is 0.112. The number of hydrogen-bond acceptors (Lipinski definition) is 4. The molecule has 2 rings (SSSR count). The summed E-state index contributed by atoms with van der Waals surface area (Å²) in [4.78, 5) is 14.9. The highest BCUT2D eigenvalue weighted by Crippen LogP contribution is 2.26. The molecule has 0 amide bonds.